The molecule has 0 unspecified atom stereocenters. The number of nitro benzene ring substituents is 1. The molecule has 1 aromatic carbocycles. The van der Waals surface area contributed by atoms with Crippen LogP contribution in [-0.2, 0) is 0 Å². The summed E-state index contributed by atoms with van der Waals surface area (Å²) in [5, 5.41) is 22.4. The molecule has 0 atom stereocenters. The highest BCUT2D eigenvalue weighted by molar-refractivity contribution is 5.82. The zero-order valence-corrected chi connectivity index (χ0v) is 9.51. The van der Waals surface area contributed by atoms with Gasteiger partial charge in [0.2, 0.25) is 0 Å². The van der Waals surface area contributed by atoms with Gasteiger partial charge in [0.1, 0.15) is 5.56 Å². The van der Waals surface area contributed by atoms with Crippen LogP contribution in [0.4, 0.5) is 5.69 Å². The van der Waals surface area contributed by atoms with Crippen LogP contribution >= 0.6 is 0 Å². The Bertz CT molecular complexity index is 433. The molecule has 0 spiro atoms. The average molecular weight is 222 g/mol. The van der Waals surface area contributed by atoms with E-state index in [1.54, 1.807) is 39.0 Å². The minimum absolute atomic E-state index is 0.0624. The summed E-state index contributed by atoms with van der Waals surface area (Å²) in [6, 6.07) is 6.16. The lowest BCUT2D eigenvalue weighted by Crippen LogP contribution is -2.29. The molecule has 0 heterocycles. The molecular weight excluding hydrogens is 208 g/mol. The molecule has 0 aliphatic rings. The Kier molecular flexibility index (Phi) is 3.27. The molecule has 0 radical (unpaired) electrons. The monoisotopic (exact) mass is 222 g/mol. The fourth-order valence-corrected chi connectivity index (χ4v) is 1.08. The maximum Gasteiger partial charge on any atom is 0.282 e. The highest BCUT2D eigenvalue weighted by Gasteiger charge is 2.20. The van der Waals surface area contributed by atoms with E-state index in [1.807, 2.05) is 0 Å². The van der Waals surface area contributed by atoms with Gasteiger partial charge in [-0.15, -0.1) is 0 Å². The van der Waals surface area contributed by atoms with Gasteiger partial charge in [-0.3, -0.25) is 10.1 Å². The number of para-hydroxylation sites is 1. The highest BCUT2D eigenvalue weighted by atomic mass is 16.6. The van der Waals surface area contributed by atoms with Gasteiger partial charge >= 0.3 is 0 Å². The summed E-state index contributed by atoms with van der Waals surface area (Å²) in [7, 11) is 0. The number of hydroxylamine groups is 1. The van der Waals surface area contributed by atoms with Crippen LogP contribution in [0.15, 0.2) is 24.3 Å². The number of benzene rings is 1. The van der Waals surface area contributed by atoms with E-state index in [0.29, 0.717) is 5.56 Å². The standard InChI is InChI=1S/C11H14N2O3/c1-11(2,3)12(14)8-9-6-4-5-7-10(9)13(15)16/h4-8H,1-3H3/b12-8-. The van der Waals surface area contributed by atoms with Gasteiger partial charge in [-0.1, -0.05) is 12.1 Å². The van der Waals surface area contributed by atoms with Gasteiger partial charge in [0.15, 0.2) is 11.8 Å². The maximum absolute atomic E-state index is 11.6. The summed E-state index contributed by atoms with van der Waals surface area (Å²) in [5.41, 5.74) is -0.353. The van der Waals surface area contributed by atoms with Gasteiger partial charge in [-0.25, -0.2) is 4.74 Å². The van der Waals surface area contributed by atoms with E-state index in [-0.39, 0.29) is 5.69 Å². The summed E-state index contributed by atoms with van der Waals surface area (Å²) in [6.45, 7) is 5.22. The third-order valence-corrected chi connectivity index (χ3v) is 2.05. The molecule has 0 aliphatic heterocycles. The molecule has 1 aromatic rings. The van der Waals surface area contributed by atoms with Gasteiger partial charge < -0.3 is 5.21 Å². The van der Waals surface area contributed by atoms with Gasteiger partial charge in [0.05, 0.1) is 4.92 Å². The van der Waals surface area contributed by atoms with Crippen LogP contribution in [0.3, 0.4) is 0 Å². The van der Waals surface area contributed by atoms with Crippen LogP contribution < -0.4 is 0 Å². The Balaban J connectivity index is 3.20. The number of rotatable bonds is 2. The molecule has 5 nitrogen and oxygen atoms in total. The van der Waals surface area contributed by atoms with Crippen molar-refractivity contribution in [2.75, 3.05) is 0 Å². The van der Waals surface area contributed by atoms with Crippen LogP contribution in [0.5, 0.6) is 0 Å². The van der Waals surface area contributed by atoms with Crippen LogP contribution in [0.2, 0.25) is 0 Å². The first-order chi connectivity index (χ1) is 7.32. The lowest BCUT2D eigenvalue weighted by atomic mass is 10.1. The molecule has 0 saturated carbocycles. The Hall–Kier alpha value is -1.91. The molecule has 0 N–H and O–H groups in total. The van der Waals surface area contributed by atoms with Crippen molar-refractivity contribution in [3.8, 4) is 0 Å². The maximum atomic E-state index is 11.6. The predicted molar refractivity (Wildman–Crippen MR) is 61.6 cm³/mol. The number of nitrogens with zero attached hydrogens (tertiary/aromatic N) is 2. The lowest BCUT2D eigenvalue weighted by molar-refractivity contribution is -0.530. The molecule has 0 saturated heterocycles. The molecule has 0 fully saturated rings. The van der Waals surface area contributed by atoms with Crippen LogP contribution in [0.1, 0.15) is 26.3 Å². The van der Waals surface area contributed by atoms with Gasteiger partial charge in [-0.2, -0.15) is 0 Å². The number of hydrogen-bond acceptors (Lipinski definition) is 3. The largest absolute Gasteiger partial charge is 0.623 e. The lowest BCUT2D eigenvalue weighted by Gasteiger charge is -2.18. The second-order valence-corrected chi connectivity index (χ2v) is 4.44. The van der Waals surface area contributed by atoms with Gasteiger partial charge in [-0.05, 0) is 6.07 Å². The van der Waals surface area contributed by atoms with Crippen molar-refractivity contribution in [1.29, 1.82) is 0 Å². The quantitative estimate of drug-likeness (QED) is 0.253. The molecule has 0 amide bonds. The minimum Gasteiger partial charge on any atom is -0.623 e. The smallest absolute Gasteiger partial charge is 0.282 e. The third-order valence-electron chi connectivity index (χ3n) is 2.05. The fourth-order valence-electron chi connectivity index (χ4n) is 1.08. The summed E-state index contributed by atoms with van der Waals surface area (Å²) in [6.07, 6.45) is 1.25. The van der Waals surface area contributed by atoms with Crippen molar-refractivity contribution in [3.63, 3.8) is 0 Å². The zero-order valence-electron chi connectivity index (χ0n) is 9.51. The zero-order chi connectivity index (χ0) is 12.3. The van der Waals surface area contributed by atoms with E-state index in [2.05, 4.69) is 0 Å². The molecule has 16 heavy (non-hydrogen) atoms. The fraction of sp³-hybridized carbons (Fsp3) is 0.364. The summed E-state index contributed by atoms with van der Waals surface area (Å²) < 4.78 is 0.718. The van der Waals surface area contributed by atoms with Crippen molar-refractivity contribution in [2.24, 2.45) is 0 Å². The molecule has 0 aromatic heterocycles. The summed E-state index contributed by atoms with van der Waals surface area (Å²) in [4.78, 5) is 10.2. The Morgan fingerprint density at radius 1 is 1.19 bits per heavy atom. The minimum atomic E-state index is -0.607. The molecule has 0 bridgehead atoms. The van der Waals surface area contributed by atoms with E-state index in [9.17, 15) is 15.3 Å². The first kappa shape index (κ1) is 12.2. The normalized spacial score (nSPS) is 12.6. The molecular formula is C11H14N2O3. The van der Waals surface area contributed by atoms with Crippen molar-refractivity contribution in [2.45, 2.75) is 26.3 Å². The van der Waals surface area contributed by atoms with E-state index in [1.165, 1.54) is 12.3 Å². The second kappa shape index (κ2) is 4.30. The first-order valence-electron chi connectivity index (χ1n) is 4.87. The average Bonchev–Trinajstić information content (AvgIpc) is 2.16. The predicted octanol–water partition coefficient (Wildman–Crippen LogP) is 2.32. The summed E-state index contributed by atoms with van der Waals surface area (Å²) in [5.74, 6) is 0. The second-order valence-electron chi connectivity index (χ2n) is 4.44. The topological polar surface area (TPSA) is 69.2 Å². The van der Waals surface area contributed by atoms with Gasteiger partial charge in [0, 0.05) is 26.8 Å². The molecule has 1 rings (SSSR count). The van der Waals surface area contributed by atoms with Crippen molar-refractivity contribution < 1.29 is 9.66 Å². The first-order valence-corrected chi connectivity index (χ1v) is 4.87. The van der Waals surface area contributed by atoms with Crippen molar-refractivity contribution in [3.05, 3.63) is 45.2 Å². The molecule has 86 valence electrons. The van der Waals surface area contributed by atoms with Crippen molar-refractivity contribution in [1.82, 2.24) is 0 Å². The van der Waals surface area contributed by atoms with E-state index < -0.39 is 10.5 Å². The van der Waals surface area contributed by atoms with Crippen molar-refractivity contribution >= 4 is 11.9 Å². The third kappa shape index (κ3) is 2.79. The SMILES string of the molecule is CC(C)(C)/[N+]([O-])=C/c1ccccc1[N+](=O)[O-]. The Labute approximate surface area is 93.8 Å². The van der Waals surface area contributed by atoms with E-state index >= 15 is 0 Å². The molecule has 0 aliphatic carbocycles. The van der Waals surface area contributed by atoms with Crippen LogP contribution in [-0.4, -0.2) is 21.4 Å². The van der Waals surface area contributed by atoms with Crippen LogP contribution in [0, 0.1) is 15.3 Å². The highest BCUT2D eigenvalue weighted by Crippen LogP contribution is 2.16. The Morgan fingerprint density at radius 3 is 2.25 bits per heavy atom. The summed E-state index contributed by atoms with van der Waals surface area (Å²) >= 11 is 0. The van der Waals surface area contributed by atoms with Crippen LogP contribution in [0.25, 0.3) is 0 Å². The Morgan fingerprint density at radius 2 is 1.75 bits per heavy atom. The van der Waals surface area contributed by atoms with Gasteiger partial charge in [0.25, 0.3) is 5.69 Å². The number of nitro groups is 1. The number of hydrogen-bond donors (Lipinski definition) is 0. The van der Waals surface area contributed by atoms with E-state index in [0.717, 1.165) is 4.74 Å². The molecule has 5 heteroatoms. The van der Waals surface area contributed by atoms with E-state index in [4.69, 9.17) is 0 Å².